The molecule has 4 nitrogen and oxygen atoms in total. The summed E-state index contributed by atoms with van der Waals surface area (Å²) in [6.45, 7) is 5.52. The zero-order valence-corrected chi connectivity index (χ0v) is 14.8. The van der Waals surface area contributed by atoms with Crippen LogP contribution in [0.3, 0.4) is 0 Å². The summed E-state index contributed by atoms with van der Waals surface area (Å²) in [6, 6.07) is 12.0. The van der Waals surface area contributed by atoms with Gasteiger partial charge in [0.1, 0.15) is 5.60 Å². The van der Waals surface area contributed by atoms with Gasteiger partial charge >= 0.3 is 6.09 Å². The van der Waals surface area contributed by atoms with E-state index < -0.39 is 11.7 Å². The fourth-order valence-electron chi connectivity index (χ4n) is 2.31. The van der Waals surface area contributed by atoms with Gasteiger partial charge in [-0.05, 0) is 48.3 Å². The maximum Gasteiger partial charge on any atom is 0.420 e. The van der Waals surface area contributed by atoms with E-state index in [1.807, 2.05) is 57.2 Å². The summed E-state index contributed by atoms with van der Waals surface area (Å²) < 4.78 is 7.66. The standard InChI is InChI=1S/C18H17BrN2O2/c1-18(2,3)23-17(22)21-11-15(19)14-9-13(10-20-16(14)21)12-7-5-4-6-8-12/h4-11H,1-3H3. The highest BCUT2D eigenvalue weighted by Gasteiger charge is 2.21. The molecule has 0 N–H and O–H groups in total. The van der Waals surface area contributed by atoms with E-state index in [1.54, 1.807) is 12.4 Å². The fraction of sp³-hybridized carbons (Fsp3) is 0.222. The van der Waals surface area contributed by atoms with Crippen molar-refractivity contribution < 1.29 is 9.53 Å². The molecular weight excluding hydrogens is 356 g/mol. The number of pyridine rings is 1. The molecule has 0 aliphatic carbocycles. The van der Waals surface area contributed by atoms with Crippen LogP contribution in [0.2, 0.25) is 0 Å². The molecule has 0 aliphatic rings. The molecule has 0 amide bonds. The van der Waals surface area contributed by atoms with Gasteiger partial charge in [0.05, 0.1) is 0 Å². The molecule has 0 spiro atoms. The first-order valence-electron chi connectivity index (χ1n) is 7.30. The van der Waals surface area contributed by atoms with E-state index >= 15 is 0 Å². The molecule has 0 aliphatic heterocycles. The molecule has 5 heteroatoms. The minimum absolute atomic E-state index is 0.437. The topological polar surface area (TPSA) is 44.1 Å². The van der Waals surface area contributed by atoms with Crippen molar-refractivity contribution in [2.24, 2.45) is 0 Å². The maximum absolute atomic E-state index is 12.3. The number of carbonyl (C=O) groups is 1. The van der Waals surface area contributed by atoms with Crippen molar-refractivity contribution in [2.45, 2.75) is 26.4 Å². The first-order chi connectivity index (χ1) is 10.8. The van der Waals surface area contributed by atoms with Crippen LogP contribution in [-0.4, -0.2) is 21.2 Å². The highest BCUT2D eigenvalue weighted by Crippen LogP contribution is 2.29. The minimum atomic E-state index is -0.551. The Morgan fingerprint density at radius 2 is 1.87 bits per heavy atom. The molecule has 0 radical (unpaired) electrons. The summed E-state index contributed by atoms with van der Waals surface area (Å²) in [6.07, 6.45) is 3.03. The summed E-state index contributed by atoms with van der Waals surface area (Å²) in [5.41, 5.74) is 2.11. The Kier molecular flexibility index (Phi) is 3.98. The lowest BCUT2D eigenvalue weighted by Gasteiger charge is -2.19. The molecule has 0 fully saturated rings. The quantitative estimate of drug-likeness (QED) is 0.585. The van der Waals surface area contributed by atoms with E-state index in [-0.39, 0.29) is 0 Å². The van der Waals surface area contributed by atoms with Crippen LogP contribution < -0.4 is 0 Å². The number of nitrogens with zero attached hydrogens (tertiary/aromatic N) is 2. The number of ether oxygens (including phenoxy) is 1. The van der Waals surface area contributed by atoms with Crippen LogP contribution in [0.4, 0.5) is 4.79 Å². The van der Waals surface area contributed by atoms with Crippen LogP contribution in [-0.2, 0) is 4.74 Å². The summed E-state index contributed by atoms with van der Waals surface area (Å²) in [4.78, 5) is 16.8. The van der Waals surface area contributed by atoms with Gasteiger partial charge in [-0.3, -0.25) is 0 Å². The van der Waals surface area contributed by atoms with Gasteiger partial charge in [-0.15, -0.1) is 0 Å². The van der Waals surface area contributed by atoms with E-state index in [4.69, 9.17) is 4.74 Å². The van der Waals surface area contributed by atoms with E-state index in [1.165, 1.54) is 4.57 Å². The van der Waals surface area contributed by atoms with Gasteiger partial charge in [0.2, 0.25) is 0 Å². The van der Waals surface area contributed by atoms with Gasteiger partial charge in [0.15, 0.2) is 5.65 Å². The number of halogens is 1. The van der Waals surface area contributed by atoms with Gasteiger partial charge in [-0.1, -0.05) is 30.3 Å². The minimum Gasteiger partial charge on any atom is -0.443 e. The number of hydrogen-bond acceptors (Lipinski definition) is 3. The second kappa shape index (κ2) is 5.81. The van der Waals surface area contributed by atoms with Crippen molar-refractivity contribution in [3.8, 4) is 11.1 Å². The molecule has 23 heavy (non-hydrogen) atoms. The predicted molar refractivity (Wildman–Crippen MR) is 94.5 cm³/mol. The highest BCUT2D eigenvalue weighted by molar-refractivity contribution is 9.10. The van der Waals surface area contributed by atoms with Gasteiger partial charge in [0.25, 0.3) is 0 Å². The largest absolute Gasteiger partial charge is 0.443 e. The second-order valence-corrected chi connectivity index (χ2v) is 7.14. The van der Waals surface area contributed by atoms with Crippen LogP contribution in [0, 0.1) is 0 Å². The number of benzene rings is 1. The Morgan fingerprint density at radius 1 is 1.17 bits per heavy atom. The molecule has 0 saturated carbocycles. The Balaban J connectivity index is 2.06. The van der Waals surface area contributed by atoms with Crippen molar-refractivity contribution >= 4 is 33.1 Å². The zero-order valence-electron chi connectivity index (χ0n) is 13.2. The van der Waals surface area contributed by atoms with Crippen LogP contribution in [0.1, 0.15) is 20.8 Å². The number of aromatic nitrogens is 2. The molecule has 2 heterocycles. The molecule has 0 bridgehead atoms. The Bertz CT molecular complexity index is 864. The van der Waals surface area contributed by atoms with Crippen LogP contribution >= 0.6 is 15.9 Å². The molecule has 0 unspecified atom stereocenters. The lowest BCUT2D eigenvalue weighted by atomic mass is 10.1. The van der Waals surface area contributed by atoms with Crippen molar-refractivity contribution in [1.29, 1.82) is 0 Å². The molecule has 118 valence electrons. The van der Waals surface area contributed by atoms with Gasteiger partial charge in [-0.2, -0.15) is 0 Å². The summed E-state index contributed by atoms with van der Waals surface area (Å²) >= 11 is 3.50. The summed E-state index contributed by atoms with van der Waals surface area (Å²) in [7, 11) is 0. The number of hydrogen-bond donors (Lipinski definition) is 0. The molecule has 3 aromatic rings. The first kappa shape index (κ1) is 15.7. The van der Waals surface area contributed by atoms with Crippen molar-refractivity contribution in [2.75, 3.05) is 0 Å². The Hall–Kier alpha value is -2.14. The SMILES string of the molecule is CC(C)(C)OC(=O)n1cc(Br)c2cc(-c3ccccc3)cnc21. The second-order valence-electron chi connectivity index (χ2n) is 6.29. The van der Waals surface area contributed by atoms with Crippen molar-refractivity contribution in [3.63, 3.8) is 0 Å². The van der Waals surface area contributed by atoms with Gasteiger partial charge < -0.3 is 4.74 Å². The third kappa shape index (κ3) is 3.29. The molecule has 0 saturated heterocycles. The third-order valence-electron chi connectivity index (χ3n) is 3.29. The Labute approximate surface area is 143 Å². The molecular formula is C18H17BrN2O2. The number of rotatable bonds is 1. The first-order valence-corrected chi connectivity index (χ1v) is 8.10. The molecule has 0 atom stereocenters. The van der Waals surface area contributed by atoms with Crippen LogP contribution in [0.25, 0.3) is 22.2 Å². The van der Waals surface area contributed by atoms with Crippen LogP contribution in [0.5, 0.6) is 0 Å². The fourth-order valence-corrected chi connectivity index (χ4v) is 2.80. The lowest BCUT2D eigenvalue weighted by molar-refractivity contribution is 0.0543. The van der Waals surface area contributed by atoms with Crippen molar-refractivity contribution in [3.05, 3.63) is 53.3 Å². The van der Waals surface area contributed by atoms with E-state index in [9.17, 15) is 4.79 Å². The maximum atomic E-state index is 12.3. The van der Waals surface area contributed by atoms with Gasteiger partial charge in [-0.25, -0.2) is 14.3 Å². The van der Waals surface area contributed by atoms with E-state index in [2.05, 4.69) is 20.9 Å². The number of fused-ring (bicyclic) bond motifs is 1. The summed E-state index contributed by atoms with van der Waals surface area (Å²) in [5.74, 6) is 0. The van der Waals surface area contributed by atoms with Crippen LogP contribution in [0.15, 0.2) is 53.3 Å². The average Bonchev–Trinajstić information content (AvgIpc) is 2.83. The smallest absolute Gasteiger partial charge is 0.420 e. The normalized spacial score (nSPS) is 11.7. The highest BCUT2D eigenvalue weighted by atomic mass is 79.9. The molecule has 3 rings (SSSR count). The Morgan fingerprint density at radius 3 is 2.52 bits per heavy atom. The molecule has 1 aromatic carbocycles. The zero-order chi connectivity index (χ0) is 16.6. The van der Waals surface area contributed by atoms with E-state index in [0.29, 0.717) is 5.65 Å². The molecule has 2 aromatic heterocycles. The lowest BCUT2D eigenvalue weighted by Crippen LogP contribution is -2.26. The van der Waals surface area contributed by atoms with Crippen molar-refractivity contribution in [1.82, 2.24) is 9.55 Å². The van der Waals surface area contributed by atoms with Gasteiger partial charge in [0, 0.05) is 27.8 Å². The monoisotopic (exact) mass is 372 g/mol. The third-order valence-corrected chi connectivity index (χ3v) is 3.92. The average molecular weight is 373 g/mol. The summed E-state index contributed by atoms with van der Waals surface area (Å²) in [5, 5.41) is 0.872. The predicted octanol–water partition coefficient (Wildman–Crippen LogP) is 5.25. The van der Waals surface area contributed by atoms with E-state index in [0.717, 1.165) is 21.0 Å². The number of carbonyl (C=O) groups excluding carboxylic acids is 1.